The van der Waals surface area contributed by atoms with Crippen LogP contribution in [0.4, 0.5) is 4.39 Å². The number of hydrogen-bond donors (Lipinski definition) is 2. The average molecular weight is 320 g/mol. The highest BCUT2D eigenvalue weighted by atomic mass is 19.1. The van der Waals surface area contributed by atoms with Crippen molar-refractivity contribution in [3.05, 3.63) is 53.5 Å². The van der Waals surface area contributed by atoms with Crippen LogP contribution in [0.3, 0.4) is 0 Å². The van der Waals surface area contributed by atoms with Gasteiger partial charge >= 0.3 is 0 Å². The lowest BCUT2D eigenvalue weighted by atomic mass is 9.94. The van der Waals surface area contributed by atoms with Crippen LogP contribution in [-0.2, 0) is 16.8 Å². The highest BCUT2D eigenvalue weighted by Gasteiger charge is 2.19. The van der Waals surface area contributed by atoms with Gasteiger partial charge in [0.15, 0.2) is 0 Å². The van der Waals surface area contributed by atoms with Gasteiger partial charge in [-0.15, -0.1) is 0 Å². The van der Waals surface area contributed by atoms with Crippen molar-refractivity contribution >= 4 is 5.91 Å². The number of halogens is 1. The number of oxazole rings is 1. The Kier molecular flexibility index (Phi) is 5.15. The Bertz CT molecular complexity index is 676. The highest BCUT2D eigenvalue weighted by Crippen LogP contribution is 2.22. The minimum Gasteiger partial charge on any atom is -0.443 e. The first-order valence-corrected chi connectivity index (χ1v) is 7.41. The van der Waals surface area contributed by atoms with E-state index in [1.807, 2.05) is 20.8 Å². The first kappa shape index (κ1) is 17.1. The van der Waals surface area contributed by atoms with Crippen molar-refractivity contribution in [2.24, 2.45) is 0 Å². The summed E-state index contributed by atoms with van der Waals surface area (Å²) < 4.78 is 18.7. The molecule has 0 spiro atoms. The maximum absolute atomic E-state index is 13.1. The standard InChI is InChI=1S/C17H21FN2O3/c1-17(2,3)14-9-20-16(23-14)10-19-15(22)8-13(21)11-5-4-6-12(18)7-11/h4-7,9,13,21H,8,10H2,1-3H3,(H,19,22). The fraction of sp³-hybridized carbons (Fsp3) is 0.412. The molecule has 0 radical (unpaired) electrons. The zero-order valence-electron chi connectivity index (χ0n) is 13.5. The van der Waals surface area contributed by atoms with Crippen LogP contribution in [0.25, 0.3) is 0 Å². The molecule has 0 saturated carbocycles. The van der Waals surface area contributed by atoms with Crippen molar-refractivity contribution in [1.29, 1.82) is 0 Å². The van der Waals surface area contributed by atoms with E-state index in [-0.39, 0.29) is 24.3 Å². The lowest BCUT2D eigenvalue weighted by Gasteiger charge is -2.13. The third-order valence-electron chi connectivity index (χ3n) is 3.34. The number of aliphatic hydroxyl groups is 1. The molecule has 0 aliphatic heterocycles. The number of carbonyl (C=O) groups is 1. The number of aliphatic hydroxyl groups excluding tert-OH is 1. The second kappa shape index (κ2) is 6.91. The number of aromatic nitrogens is 1. The minimum atomic E-state index is -1.06. The molecule has 1 unspecified atom stereocenters. The topological polar surface area (TPSA) is 75.4 Å². The first-order valence-electron chi connectivity index (χ1n) is 7.41. The second-order valence-corrected chi connectivity index (χ2v) is 6.42. The van der Waals surface area contributed by atoms with E-state index < -0.39 is 11.9 Å². The van der Waals surface area contributed by atoms with Crippen LogP contribution >= 0.6 is 0 Å². The van der Waals surface area contributed by atoms with Gasteiger partial charge in [0, 0.05) is 5.41 Å². The predicted molar refractivity (Wildman–Crippen MR) is 83.0 cm³/mol. The third kappa shape index (κ3) is 4.89. The van der Waals surface area contributed by atoms with Gasteiger partial charge in [-0.25, -0.2) is 9.37 Å². The predicted octanol–water partition coefficient (Wildman–Crippen LogP) is 2.85. The number of nitrogens with zero attached hydrogens (tertiary/aromatic N) is 1. The summed E-state index contributed by atoms with van der Waals surface area (Å²) in [6, 6.07) is 5.56. The summed E-state index contributed by atoms with van der Waals surface area (Å²) in [5.74, 6) is 0.332. The van der Waals surface area contributed by atoms with Crippen molar-refractivity contribution in [1.82, 2.24) is 10.3 Å². The van der Waals surface area contributed by atoms with Gasteiger partial charge in [-0.05, 0) is 17.7 Å². The zero-order chi connectivity index (χ0) is 17.0. The van der Waals surface area contributed by atoms with E-state index in [9.17, 15) is 14.3 Å². The third-order valence-corrected chi connectivity index (χ3v) is 3.34. The molecule has 2 aromatic rings. The van der Waals surface area contributed by atoms with E-state index in [1.54, 1.807) is 12.3 Å². The number of carbonyl (C=O) groups excluding carboxylic acids is 1. The van der Waals surface area contributed by atoms with Gasteiger partial charge in [0.2, 0.25) is 11.8 Å². The van der Waals surface area contributed by atoms with E-state index in [1.165, 1.54) is 18.2 Å². The van der Waals surface area contributed by atoms with Gasteiger partial charge < -0.3 is 14.8 Å². The molecule has 0 aliphatic rings. The van der Waals surface area contributed by atoms with Crippen molar-refractivity contribution in [3.8, 4) is 0 Å². The van der Waals surface area contributed by atoms with E-state index in [4.69, 9.17) is 4.42 Å². The fourth-order valence-corrected chi connectivity index (χ4v) is 1.99. The Hall–Kier alpha value is -2.21. The van der Waals surface area contributed by atoms with Gasteiger partial charge in [-0.3, -0.25) is 4.79 Å². The Morgan fingerprint density at radius 3 is 2.78 bits per heavy atom. The second-order valence-electron chi connectivity index (χ2n) is 6.42. The summed E-state index contributed by atoms with van der Waals surface area (Å²) in [5.41, 5.74) is 0.217. The smallest absolute Gasteiger partial charge is 0.223 e. The Labute approximate surface area is 134 Å². The van der Waals surface area contributed by atoms with Crippen LogP contribution < -0.4 is 5.32 Å². The Balaban J connectivity index is 1.86. The molecule has 1 aromatic heterocycles. The van der Waals surface area contributed by atoms with Gasteiger partial charge in [-0.2, -0.15) is 0 Å². The summed E-state index contributed by atoms with van der Waals surface area (Å²) in [4.78, 5) is 16.0. The lowest BCUT2D eigenvalue weighted by molar-refractivity contribution is -0.123. The number of nitrogens with one attached hydrogen (secondary N) is 1. The van der Waals surface area contributed by atoms with Crippen LogP contribution in [0.15, 0.2) is 34.9 Å². The molecule has 1 heterocycles. The van der Waals surface area contributed by atoms with Crippen LogP contribution in [-0.4, -0.2) is 16.0 Å². The molecule has 1 atom stereocenters. The van der Waals surface area contributed by atoms with Crippen molar-refractivity contribution < 1.29 is 18.7 Å². The Morgan fingerprint density at radius 1 is 1.43 bits per heavy atom. The van der Waals surface area contributed by atoms with E-state index in [0.29, 0.717) is 11.5 Å². The zero-order valence-corrected chi connectivity index (χ0v) is 13.5. The number of benzene rings is 1. The van der Waals surface area contributed by atoms with E-state index in [2.05, 4.69) is 10.3 Å². The van der Waals surface area contributed by atoms with Crippen molar-refractivity contribution in [2.75, 3.05) is 0 Å². The SMILES string of the molecule is CC(C)(C)c1cnc(CNC(=O)CC(O)c2cccc(F)c2)o1. The fourth-order valence-electron chi connectivity index (χ4n) is 1.99. The maximum Gasteiger partial charge on any atom is 0.223 e. The molecule has 1 aromatic carbocycles. The number of hydrogen-bond acceptors (Lipinski definition) is 4. The Morgan fingerprint density at radius 2 is 2.17 bits per heavy atom. The van der Waals surface area contributed by atoms with Crippen LogP contribution in [0.1, 0.15) is 50.5 Å². The molecule has 23 heavy (non-hydrogen) atoms. The highest BCUT2D eigenvalue weighted by molar-refractivity contribution is 5.76. The summed E-state index contributed by atoms with van der Waals surface area (Å²) >= 11 is 0. The monoisotopic (exact) mass is 320 g/mol. The number of amides is 1. The maximum atomic E-state index is 13.1. The molecule has 5 nitrogen and oxygen atoms in total. The molecular formula is C17H21FN2O3. The van der Waals surface area contributed by atoms with E-state index >= 15 is 0 Å². The molecular weight excluding hydrogens is 299 g/mol. The summed E-state index contributed by atoms with van der Waals surface area (Å²) in [7, 11) is 0. The number of rotatable bonds is 5. The van der Waals surface area contributed by atoms with Crippen molar-refractivity contribution in [3.63, 3.8) is 0 Å². The quantitative estimate of drug-likeness (QED) is 0.888. The first-order chi connectivity index (χ1) is 10.8. The molecule has 1 amide bonds. The molecule has 0 fully saturated rings. The molecule has 0 saturated heterocycles. The average Bonchev–Trinajstić information content (AvgIpc) is 2.94. The summed E-state index contributed by atoms with van der Waals surface area (Å²) in [6.07, 6.45) is 0.430. The largest absolute Gasteiger partial charge is 0.443 e. The lowest BCUT2D eigenvalue weighted by Crippen LogP contribution is -2.24. The molecule has 2 rings (SSSR count). The van der Waals surface area contributed by atoms with Crippen molar-refractivity contribution in [2.45, 2.75) is 45.3 Å². The van der Waals surface area contributed by atoms with E-state index in [0.717, 1.165) is 5.76 Å². The van der Waals surface area contributed by atoms with Crippen LogP contribution in [0.2, 0.25) is 0 Å². The molecule has 0 aliphatic carbocycles. The van der Waals surface area contributed by atoms with Crippen LogP contribution in [0.5, 0.6) is 0 Å². The summed E-state index contributed by atoms with van der Waals surface area (Å²) in [6.45, 7) is 6.16. The van der Waals surface area contributed by atoms with Crippen LogP contribution in [0, 0.1) is 5.82 Å². The normalized spacial score (nSPS) is 12.9. The van der Waals surface area contributed by atoms with Gasteiger partial charge in [-0.1, -0.05) is 32.9 Å². The molecule has 6 heteroatoms. The molecule has 2 N–H and O–H groups in total. The molecule has 0 bridgehead atoms. The summed E-state index contributed by atoms with van der Waals surface area (Å²) in [5, 5.41) is 12.6. The molecule has 124 valence electrons. The minimum absolute atomic E-state index is 0.144. The van der Waals surface area contributed by atoms with Gasteiger partial charge in [0.1, 0.15) is 11.6 Å². The van der Waals surface area contributed by atoms with Gasteiger partial charge in [0.25, 0.3) is 0 Å². The van der Waals surface area contributed by atoms with Gasteiger partial charge in [0.05, 0.1) is 25.3 Å².